The highest BCUT2D eigenvalue weighted by Crippen LogP contribution is 2.17. The van der Waals surface area contributed by atoms with Gasteiger partial charge in [0.15, 0.2) is 6.10 Å². The Labute approximate surface area is 174 Å². The molecule has 0 aliphatic heterocycles. The lowest BCUT2D eigenvalue weighted by molar-refractivity contribution is -0.157. The van der Waals surface area contributed by atoms with E-state index in [9.17, 15) is 23.6 Å². The number of hydrogen-bond acceptors (Lipinski definition) is 5. The zero-order valence-electron chi connectivity index (χ0n) is 17.4. The highest BCUT2D eigenvalue weighted by molar-refractivity contribution is 5.99. The van der Waals surface area contributed by atoms with Gasteiger partial charge in [-0.05, 0) is 37.8 Å². The van der Waals surface area contributed by atoms with E-state index < -0.39 is 41.8 Å². The fourth-order valence-corrected chi connectivity index (χ4v) is 3.17. The van der Waals surface area contributed by atoms with E-state index in [-0.39, 0.29) is 17.5 Å². The second-order valence-corrected chi connectivity index (χ2v) is 7.70. The third kappa shape index (κ3) is 6.53. The van der Waals surface area contributed by atoms with Gasteiger partial charge in [0.05, 0.1) is 5.56 Å². The molecule has 164 valence electrons. The van der Waals surface area contributed by atoms with Gasteiger partial charge in [-0.1, -0.05) is 38.8 Å². The number of halogens is 1. The molecule has 1 aromatic rings. The number of imide groups is 1. The molecule has 0 heterocycles. The number of urea groups is 1. The van der Waals surface area contributed by atoms with Crippen LogP contribution in [0.2, 0.25) is 0 Å². The Bertz CT molecular complexity index is 793. The van der Waals surface area contributed by atoms with Crippen molar-refractivity contribution in [3.05, 3.63) is 35.6 Å². The molecule has 1 aliphatic rings. The molecule has 0 saturated heterocycles. The molecule has 2 atom stereocenters. The highest BCUT2D eigenvalue weighted by Gasteiger charge is 2.30. The van der Waals surface area contributed by atoms with Crippen molar-refractivity contribution in [3.63, 3.8) is 0 Å². The van der Waals surface area contributed by atoms with Gasteiger partial charge >= 0.3 is 12.0 Å². The molecule has 9 heteroatoms. The Morgan fingerprint density at radius 2 is 1.70 bits per heavy atom. The Morgan fingerprint density at radius 1 is 1.07 bits per heavy atom. The third-order valence-corrected chi connectivity index (χ3v) is 4.91. The summed E-state index contributed by atoms with van der Waals surface area (Å²) < 4.78 is 18.9. The SMILES string of the molecule is CC(C)[C@H](NC(=O)c1ccccc1F)C(=O)O[C@H](C)C(=O)NC(=O)NC1CCCC1. The molecule has 1 aromatic carbocycles. The summed E-state index contributed by atoms with van der Waals surface area (Å²) in [6.45, 7) is 4.67. The fourth-order valence-electron chi connectivity index (χ4n) is 3.17. The molecule has 3 N–H and O–H groups in total. The summed E-state index contributed by atoms with van der Waals surface area (Å²) in [6, 6.07) is 3.69. The maximum atomic E-state index is 13.8. The molecule has 0 bridgehead atoms. The molecule has 0 radical (unpaired) electrons. The Kier molecular flexibility index (Phi) is 8.32. The van der Waals surface area contributed by atoms with Crippen LogP contribution in [0, 0.1) is 11.7 Å². The smallest absolute Gasteiger partial charge is 0.329 e. The quantitative estimate of drug-likeness (QED) is 0.585. The molecule has 0 unspecified atom stereocenters. The average molecular weight is 421 g/mol. The maximum absolute atomic E-state index is 13.8. The number of esters is 1. The molecule has 1 aliphatic carbocycles. The van der Waals surface area contributed by atoms with Crippen molar-refractivity contribution in [1.82, 2.24) is 16.0 Å². The largest absolute Gasteiger partial charge is 0.451 e. The standard InChI is InChI=1S/C21H28FN3O5/c1-12(2)17(24-19(27)15-10-6-7-11-16(15)22)20(28)30-13(3)18(26)25-21(29)23-14-8-4-5-9-14/h6-7,10-14,17H,4-5,8-9H2,1-3H3,(H,24,27)(H2,23,25,26,29)/t13-,17+/m1/s1. The first-order chi connectivity index (χ1) is 14.2. The van der Waals surface area contributed by atoms with Gasteiger partial charge in [-0.15, -0.1) is 0 Å². The molecule has 8 nitrogen and oxygen atoms in total. The van der Waals surface area contributed by atoms with Crippen LogP contribution >= 0.6 is 0 Å². The van der Waals surface area contributed by atoms with E-state index in [0.29, 0.717) is 0 Å². The Hall–Kier alpha value is -2.97. The van der Waals surface area contributed by atoms with Crippen LogP contribution in [0.15, 0.2) is 24.3 Å². The molecular weight excluding hydrogens is 393 g/mol. The summed E-state index contributed by atoms with van der Waals surface area (Å²) in [5.74, 6) is -3.49. The lowest BCUT2D eigenvalue weighted by Gasteiger charge is -2.23. The molecule has 2 rings (SSSR count). The van der Waals surface area contributed by atoms with Crippen LogP contribution in [0.4, 0.5) is 9.18 Å². The van der Waals surface area contributed by atoms with Crippen molar-refractivity contribution >= 4 is 23.8 Å². The summed E-state index contributed by atoms with van der Waals surface area (Å²) in [5.41, 5.74) is -0.203. The second kappa shape index (κ2) is 10.7. The number of ether oxygens (including phenoxy) is 1. The van der Waals surface area contributed by atoms with Crippen molar-refractivity contribution < 1.29 is 28.3 Å². The molecule has 1 saturated carbocycles. The van der Waals surface area contributed by atoms with Crippen molar-refractivity contribution in [3.8, 4) is 0 Å². The van der Waals surface area contributed by atoms with Crippen LogP contribution in [0.25, 0.3) is 0 Å². The zero-order chi connectivity index (χ0) is 22.3. The Morgan fingerprint density at radius 3 is 2.30 bits per heavy atom. The molecule has 0 aromatic heterocycles. The lowest BCUT2D eigenvalue weighted by atomic mass is 10.0. The first-order valence-corrected chi connectivity index (χ1v) is 10.1. The van der Waals surface area contributed by atoms with Gasteiger partial charge in [0.2, 0.25) is 0 Å². The summed E-state index contributed by atoms with van der Waals surface area (Å²) in [5, 5.41) is 7.30. The predicted molar refractivity (Wildman–Crippen MR) is 107 cm³/mol. The minimum absolute atomic E-state index is 0.0366. The van der Waals surface area contributed by atoms with Crippen molar-refractivity contribution in [2.24, 2.45) is 5.92 Å². The first-order valence-electron chi connectivity index (χ1n) is 10.1. The van der Waals surface area contributed by atoms with Crippen molar-refractivity contribution in [1.29, 1.82) is 0 Å². The van der Waals surface area contributed by atoms with Crippen molar-refractivity contribution in [2.45, 2.75) is 64.6 Å². The molecular formula is C21H28FN3O5. The summed E-state index contributed by atoms with van der Waals surface area (Å²) in [6.07, 6.45) is 2.54. The van der Waals surface area contributed by atoms with Crippen LogP contribution < -0.4 is 16.0 Å². The zero-order valence-corrected chi connectivity index (χ0v) is 17.4. The molecule has 0 spiro atoms. The van der Waals surface area contributed by atoms with Crippen LogP contribution in [0.1, 0.15) is 56.8 Å². The number of carbonyl (C=O) groups excluding carboxylic acids is 4. The van der Waals surface area contributed by atoms with Gasteiger partial charge in [-0.2, -0.15) is 0 Å². The summed E-state index contributed by atoms with van der Waals surface area (Å²) >= 11 is 0. The highest BCUT2D eigenvalue weighted by atomic mass is 19.1. The Balaban J connectivity index is 1.91. The van der Waals surface area contributed by atoms with Crippen molar-refractivity contribution in [2.75, 3.05) is 0 Å². The molecule has 1 fully saturated rings. The minimum Gasteiger partial charge on any atom is -0.451 e. The van der Waals surface area contributed by atoms with E-state index in [4.69, 9.17) is 4.74 Å². The van der Waals surface area contributed by atoms with Gasteiger partial charge < -0.3 is 15.4 Å². The summed E-state index contributed by atoms with van der Waals surface area (Å²) in [7, 11) is 0. The topological polar surface area (TPSA) is 114 Å². The van der Waals surface area contributed by atoms with Crippen LogP contribution in [0.3, 0.4) is 0 Å². The van der Waals surface area contributed by atoms with Gasteiger partial charge in [0, 0.05) is 6.04 Å². The third-order valence-electron chi connectivity index (χ3n) is 4.91. The second-order valence-electron chi connectivity index (χ2n) is 7.70. The minimum atomic E-state index is -1.25. The van der Waals surface area contributed by atoms with Gasteiger partial charge in [-0.3, -0.25) is 14.9 Å². The van der Waals surface area contributed by atoms with E-state index in [1.165, 1.54) is 25.1 Å². The number of rotatable bonds is 7. The van der Waals surface area contributed by atoms with Gasteiger partial charge in [0.1, 0.15) is 11.9 Å². The van der Waals surface area contributed by atoms with E-state index >= 15 is 0 Å². The van der Waals surface area contributed by atoms with E-state index in [1.807, 2.05) is 0 Å². The number of nitrogens with one attached hydrogen (secondary N) is 3. The van der Waals surface area contributed by atoms with Crippen LogP contribution in [-0.4, -0.2) is 42.0 Å². The van der Waals surface area contributed by atoms with E-state index in [1.54, 1.807) is 13.8 Å². The number of hydrogen-bond donors (Lipinski definition) is 3. The molecule has 30 heavy (non-hydrogen) atoms. The monoisotopic (exact) mass is 421 g/mol. The van der Waals surface area contributed by atoms with Gasteiger partial charge in [0.25, 0.3) is 11.8 Å². The van der Waals surface area contributed by atoms with Gasteiger partial charge in [-0.25, -0.2) is 14.0 Å². The average Bonchev–Trinajstić information content (AvgIpc) is 3.18. The lowest BCUT2D eigenvalue weighted by Crippen LogP contribution is -2.50. The fraction of sp³-hybridized carbons (Fsp3) is 0.524. The predicted octanol–water partition coefficient (Wildman–Crippen LogP) is 2.28. The number of benzene rings is 1. The van der Waals surface area contributed by atoms with E-state index in [0.717, 1.165) is 31.7 Å². The number of amides is 4. The van der Waals surface area contributed by atoms with Crippen LogP contribution in [0.5, 0.6) is 0 Å². The summed E-state index contributed by atoms with van der Waals surface area (Å²) in [4.78, 5) is 48.9. The number of carbonyl (C=O) groups is 4. The maximum Gasteiger partial charge on any atom is 0.329 e. The normalized spacial score (nSPS) is 15.9. The molecule has 4 amide bonds. The first kappa shape index (κ1) is 23.3. The van der Waals surface area contributed by atoms with Crippen LogP contribution in [-0.2, 0) is 14.3 Å². The van der Waals surface area contributed by atoms with E-state index in [2.05, 4.69) is 16.0 Å².